The van der Waals surface area contributed by atoms with Gasteiger partial charge < -0.3 is 20.1 Å². The number of hydrogen-bond donors (Lipinski definition) is 2. The van der Waals surface area contributed by atoms with E-state index < -0.39 is 0 Å². The Morgan fingerprint density at radius 1 is 1.29 bits per heavy atom. The molecule has 0 aromatic heterocycles. The number of carbonyl (C=O) groups is 1. The molecule has 0 atom stereocenters. The average Bonchev–Trinajstić information content (AvgIpc) is 2.91. The Morgan fingerprint density at radius 2 is 1.94 bits per heavy atom. The summed E-state index contributed by atoms with van der Waals surface area (Å²) >= 11 is 0. The van der Waals surface area contributed by atoms with E-state index in [-0.39, 0.29) is 18.1 Å². The van der Waals surface area contributed by atoms with E-state index in [4.69, 9.17) is 4.74 Å². The molecule has 2 aliphatic heterocycles. The van der Waals surface area contributed by atoms with Crippen LogP contribution in [0.1, 0.15) is 25.7 Å². The molecular formula is C12H22N2O3. The Morgan fingerprint density at radius 3 is 2.53 bits per heavy atom. The molecule has 0 unspecified atom stereocenters. The molecule has 0 aromatic carbocycles. The van der Waals surface area contributed by atoms with Gasteiger partial charge in [-0.2, -0.15) is 0 Å². The Labute approximate surface area is 102 Å². The van der Waals surface area contributed by atoms with Crippen molar-refractivity contribution in [1.82, 2.24) is 10.2 Å². The molecule has 2 heterocycles. The van der Waals surface area contributed by atoms with Gasteiger partial charge in [0, 0.05) is 31.8 Å². The lowest BCUT2D eigenvalue weighted by Crippen LogP contribution is -2.55. The van der Waals surface area contributed by atoms with Gasteiger partial charge in [0.05, 0.1) is 13.2 Å². The Hall–Kier alpha value is -0.650. The zero-order chi connectivity index (χ0) is 12.1. The van der Waals surface area contributed by atoms with E-state index in [0.717, 1.165) is 38.8 Å². The Kier molecular flexibility index (Phi) is 4.36. The molecule has 1 amide bonds. The fourth-order valence-electron chi connectivity index (χ4n) is 2.49. The van der Waals surface area contributed by atoms with Crippen molar-refractivity contribution in [3.8, 4) is 0 Å². The third kappa shape index (κ3) is 3.18. The van der Waals surface area contributed by atoms with E-state index >= 15 is 0 Å². The number of nitrogens with one attached hydrogen (secondary N) is 1. The zero-order valence-electron chi connectivity index (χ0n) is 10.3. The summed E-state index contributed by atoms with van der Waals surface area (Å²) in [6, 6.07) is 0. The van der Waals surface area contributed by atoms with Crippen LogP contribution in [0.2, 0.25) is 0 Å². The third-order valence-corrected chi connectivity index (χ3v) is 3.83. The maximum absolute atomic E-state index is 11.9. The van der Waals surface area contributed by atoms with E-state index in [9.17, 15) is 9.90 Å². The van der Waals surface area contributed by atoms with E-state index in [0.29, 0.717) is 19.8 Å². The molecule has 5 nitrogen and oxygen atoms in total. The van der Waals surface area contributed by atoms with Crippen molar-refractivity contribution in [2.24, 2.45) is 0 Å². The van der Waals surface area contributed by atoms with Gasteiger partial charge in [-0.15, -0.1) is 0 Å². The van der Waals surface area contributed by atoms with Crippen molar-refractivity contribution in [2.45, 2.75) is 31.2 Å². The molecule has 0 radical (unpaired) electrons. The predicted molar refractivity (Wildman–Crippen MR) is 63.7 cm³/mol. The van der Waals surface area contributed by atoms with Crippen LogP contribution in [0.3, 0.4) is 0 Å². The first kappa shape index (κ1) is 12.8. The molecule has 2 aliphatic rings. The number of carbonyl (C=O) groups excluding carboxylic acids is 1. The highest BCUT2D eigenvalue weighted by Crippen LogP contribution is 2.20. The molecule has 0 aliphatic carbocycles. The van der Waals surface area contributed by atoms with Gasteiger partial charge in [0.25, 0.3) is 0 Å². The van der Waals surface area contributed by atoms with Crippen LogP contribution in [0.5, 0.6) is 0 Å². The number of amides is 1. The van der Waals surface area contributed by atoms with Crippen molar-refractivity contribution in [2.75, 3.05) is 39.5 Å². The van der Waals surface area contributed by atoms with E-state index in [1.165, 1.54) is 0 Å². The van der Waals surface area contributed by atoms with E-state index in [1.54, 1.807) is 0 Å². The van der Waals surface area contributed by atoms with Gasteiger partial charge >= 0.3 is 0 Å². The molecule has 5 heteroatoms. The number of hydrogen-bond acceptors (Lipinski definition) is 4. The Bertz CT molecular complexity index is 258. The first-order valence-electron chi connectivity index (χ1n) is 6.47. The quantitative estimate of drug-likeness (QED) is 0.713. The minimum absolute atomic E-state index is 0.0731. The lowest BCUT2D eigenvalue weighted by molar-refractivity contribution is -0.130. The van der Waals surface area contributed by atoms with Crippen molar-refractivity contribution >= 4 is 5.91 Å². The smallest absolute Gasteiger partial charge is 0.236 e. The van der Waals surface area contributed by atoms with Crippen molar-refractivity contribution in [3.63, 3.8) is 0 Å². The van der Waals surface area contributed by atoms with Gasteiger partial charge in [-0.05, 0) is 25.7 Å². The van der Waals surface area contributed by atoms with Crippen LogP contribution in [0.15, 0.2) is 0 Å². The molecule has 2 saturated heterocycles. The van der Waals surface area contributed by atoms with Crippen LogP contribution in [-0.4, -0.2) is 60.9 Å². The average molecular weight is 242 g/mol. The number of aliphatic hydroxyl groups excluding tert-OH is 1. The Balaban J connectivity index is 1.80. The number of rotatable bonds is 4. The minimum Gasteiger partial charge on any atom is -0.394 e. The van der Waals surface area contributed by atoms with Crippen LogP contribution >= 0.6 is 0 Å². The van der Waals surface area contributed by atoms with Crippen LogP contribution in [-0.2, 0) is 9.53 Å². The second-order valence-electron chi connectivity index (χ2n) is 4.99. The summed E-state index contributed by atoms with van der Waals surface area (Å²) < 4.78 is 5.29. The number of aliphatic hydroxyl groups is 1. The largest absolute Gasteiger partial charge is 0.394 e. The van der Waals surface area contributed by atoms with Gasteiger partial charge in [-0.3, -0.25) is 4.79 Å². The lowest BCUT2D eigenvalue weighted by atomic mass is 9.91. The maximum atomic E-state index is 11.9. The fourth-order valence-corrected chi connectivity index (χ4v) is 2.49. The SMILES string of the molecule is O=C(CNC1(CO)CCOCC1)N1CCCC1. The van der Waals surface area contributed by atoms with Crippen LogP contribution in [0.25, 0.3) is 0 Å². The first-order valence-corrected chi connectivity index (χ1v) is 6.47. The van der Waals surface area contributed by atoms with Gasteiger partial charge in [-0.1, -0.05) is 0 Å². The standard InChI is InChI=1S/C12H22N2O3/c15-10-12(3-7-17-8-4-12)13-9-11(16)14-5-1-2-6-14/h13,15H,1-10H2. The third-order valence-electron chi connectivity index (χ3n) is 3.83. The molecular weight excluding hydrogens is 220 g/mol. The molecule has 2 N–H and O–H groups in total. The van der Waals surface area contributed by atoms with Crippen molar-refractivity contribution < 1.29 is 14.6 Å². The summed E-state index contributed by atoms with van der Waals surface area (Å²) in [7, 11) is 0. The summed E-state index contributed by atoms with van der Waals surface area (Å²) in [5, 5.41) is 12.7. The monoisotopic (exact) mass is 242 g/mol. The summed E-state index contributed by atoms with van der Waals surface area (Å²) in [5.74, 6) is 0.154. The van der Waals surface area contributed by atoms with Crippen LogP contribution in [0.4, 0.5) is 0 Å². The first-order chi connectivity index (χ1) is 8.26. The number of ether oxygens (including phenoxy) is 1. The van der Waals surface area contributed by atoms with Gasteiger partial charge in [-0.25, -0.2) is 0 Å². The number of likely N-dealkylation sites (tertiary alicyclic amines) is 1. The molecule has 0 saturated carbocycles. The van der Waals surface area contributed by atoms with Crippen molar-refractivity contribution in [3.05, 3.63) is 0 Å². The summed E-state index contributed by atoms with van der Waals surface area (Å²) in [6.45, 7) is 3.49. The highest BCUT2D eigenvalue weighted by Gasteiger charge is 2.32. The van der Waals surface area contributed by atoms with Crippen molar-refractivity contribution in [1.29, 1.82) is 0 Å². The molecule has 0 bridgehead atoms. The zero-order valence-corrected chi connectivity index (χ0v) is 10.3. The molecule has 2 fully saturated rings. The van der Waals surface area contributed by atoms with E-state index in [2.05, 4.69) is 5.32 Å². The fraction of sp³-hybridized carbons (Fsp3) is 0.917. The van der Waals surface area contributed by atoms with Gasteiger partial charge in [0.1, 0.15) is 0 Å². The molecule has 17 heavy (non-hydrogen) atoms. The topological polar surface area (TPSA) is 61.8 Å². The summed E-state index contributed by atoms with van der Waals surface area (Å²) in [4.78, 5) is 13.8. The van der Waals surface area contributed by atoms with Crippen LogP contribution in [0, 0.1) is 0 Å². The molecule has 0 aromatic rings. The highest BCUT2D eigenvalue weighted by molar-refractivity contribution is 5.78. The predicted octanol–water partition coefficient (Wildman–Crippen LogP) is -0.260. The molecule has 2 rings (SSSR count). The second-order valence-corrected chi connectivity index (χ2v) is 4.99. The molecule has 0 spiro atoms. The maximum Gasteiger partial charge on any atom is 0.236 e. The second kappa shape index (κ2) is 5.80. The number of nitrogens with zero attached hydrogens (tertiary/aromatic N) is 1. The lowest BCUT2D eigenvalue weighted by Gasteiger charge is -2.36. The summed E-state index contributed by atoms with van der Waals surface area (Å²) in [5.41, 5.74) is -0.312. The van der Waals surface area contributed by atoms with E-state index in [1.807, 2.05) is 4.90 Å². The minimum atomic E-state index is -0.312. The highest BCUT2D eigenvalue weighted by atomic mass is 16.5. The van der Waals surface area contributed by atoms with Gasteiger partial charge in [0.2, 0.25) is 5.91 Å². The summed E-state index contributed by atoms with van der Waals surface area (Å²) in [6.07, 6.45) is 3.78. The normalized spacial score (nSPS) is 23.9. The molecule has 98 valence electrons. The van der Waals surface area contributed by atoms with Crippen LogP contribution < -0.4 is 5.32 Å². The van der Waals surface area contributed by atoms with Gasteiger partial charge in [0.15, 0.2) is 0 Å².